The molecular weight excluding hydrogens is 302 g/mol. The van der Waals surface area contributed by atoms with Gasteiger partial charge in [-0.3, -0.25) is 14.5 Å². The molecule has 0 aromatic heterocycles. The minimum absolute atomic E-state index is 0.278. The van der Waals surface area contributed by atoms with Crippen LogP contribution in [0.15, 0.2) is 30.3 Å². The van der Waals surface area contributed by atoms with E-state index >= 15 is 0 Å². The molecule has 3 rings (SSSR count). The predicted molar refractivity (Wildman–Crippen MR) is 86.2 cm³/mol. The van der Waals surface area contributed by atoms with Gasteiger partial charge in [-0.15, -0.1) is 0 Å². The van der Waals surface area contributed by atoms with Crippen LogP contribution in [0.1, 0.15) is 20.7 Å². The molecule has 2 aromatic carbocycles. The lowest BCUT2D eigenvalue weighted by Crippen LogP contribution is -2.44. The van der Waals surface area contributed by atoms with Crippen molar-refractivity contribution in [3.05, 3.63) is 46.5 Å². The van der Waals surface area contributed by atoms with E-state index in [1.807, 2.05) is 6.07 Å². The maximum atomic E-state index is 12.6. The molecule has 0 bridgehead atoms. The first-order valence-electron chi connectivity index (χ1n) is 7.13. The van der Waals surface area contributed by atoms with Gasteiger partial charge in [0, 0.05) is 53.1 Å². The van der Waals surface area contributed by atoms with Crippen molar-refractivity contribution < 1.29 is 9.59 Å². The normalized spacial score (nSPS) is 14.0. The van der Waals surface area contributed by atoms with E-state index in [-0.39, 0.29) is 11.8 Å². The molecule has 0 saturated heterocycles. The van der Waals surface area contributed by atoms with Gasteiger partial charge in [0.05, 0.1) is 0 Å². The molecule has 1 aliphatic heterocycles. The molecule has 114 valence electrons. The summed E-state index contributed by atoms with van der Waals surface area (Å²) < 4.78 is 0. The molecule has 0 atom stereocenters. The zero-order valence-corrected chi connectivity index (χ0v) is 12.7. The molecule has 0 radical (unpaired) electrons. The summed E-state index contributed by atoms with van der Waals surface area (Å²) in [5, 5.41) is 5.01. The van der Waals surface area contributed by atoms with Gasteiger partial charge >= 0.3 is 0 Å². The average Bonchev–Trinajstić information content (AvgIpc) is 2.53. The fourth-order valence-electron chi connectivity index (χ4n) is 2.73. The molecule has 1 aliphatic rings. The Morgan fingerprint density at radius 3 is 2.50 bits per heavy atom. The van der Waals surface area contributed by atoms with Crippen LogP contribution in [-0.4, -0.2) is 42.9 Å². The first kappa shape index (κ1) is 15.0. The summed E-state index contributed by atoms with van der Waals surface area (Å²) in [5.74, 6) is -0.556. The topological polar surface area (TPSA) is 75.4 Å². The minimum atomic E-state index is -0.278. The van der Waals surface area contributed by atoms with Crippen molar-refractivity contribution in [3.8, 4) is 0 Å². The van der Waals surface area contributed by atoms with E-state index in [1.165, 1.54) is 4.90 Å². The number of rotatable bonds is 5. The maximum Gasteiger partial charge on any atom is 0.261 e. The van der Waals surface area contributed by atoms with E-state index in [2.05, 4.69) is 5.32 Å². The maximum absolute atomic E-state index is 12.6. The number of imide groups is 1. The quantitative estimate of drug-likeness (QED) is 0.649. The van der Waals surface area contributed by atoms with Crippen molar-refractivity contribution >= 4 is 34.2 Å². The highest BCUT2D eigenvalue weighted by molar-refractivity contribution is 6.38. The fraction of sp³-hybridized carbons (Fsp3) is 0.250. The van der Waals surface area contributed by atoms with Crippen molar-refractivity contribution in [2.45, 2.75) is 0 Å². The number of carbonyl (C=O) groups is 2. The van der Waals surface area contributed by atoms with Gasteiger partial charge in [0.2, 0.25) is 0 Å². The van der Waals surface area contributed by atoms with Crippen LogP contribution in [0.3, 0.4) is 0 Å². The second-order valence-corrected chi connectivity index (χ2v) is 5.53. The molecule has 2 amide bonds. The molecule has 5 nitrogen and oxygen atoms in total. The Labute approximate surface area is 133 Å². The second-order valence-electron chi connectivity index (χ2n) is 5.12. The fourth-order valence-corrected chi connectivity index (χ4v) is 2.95. The SMILES string of the molecule is NCCNCCN1C(=O)c2cccc3c(Cl)ccc(c23)C1=O. The number of carbonyl (C=O) groups excluding carboxylic acids is 2. The van der Waals surface area contributed by atoms with E-state index in [4.69, 9.17) is 17.3 Å². The van der Waals surface area contributed by atoms with Crippen LogP contribution < -0.4 is 11.1 Å². The van der Waals surface area contributed by atoms with Crippen LogP contribution >= 0.6 is 11.6 Å². The first-order valence-corrected chi connectivity index (χ1v) is 7.51. The van der Waals surface area contributed by atoms with Gasteiger partial charge in [0.15, 0.2) is 0 Å². The lowest BCUT2D eigenvalue weighted by molar-refractivity contribution is 0.0612. The molecule has 0 fully saturated rings. The first-order chi connectivity index (χ1) is 10.6. The van der Waals surface area contributed by atoms with E-state index in [1.54, 1.807) is 24.3 Å². The standard InChI is InChI=1S/C16H16ClN3O2/c17-13-5-4-12-14-10(13)2-1-3-11(14)15(21)20(16(12)22)9-8-19-7-6-18/h1-5,19H,6-9,18H2. The monoisotopic (exact) mass is 317 g/mol. The number of halogens is 1. The Bertz CT molecular complexity index is 738. The number of hydrogen-bond acceptors (Lipinski definition) is 4. The smallest absolute Gasteiger partial charge is 0.261 e. The van der Waals surface area contributed by atoms with Gasteiger partial charge in [-0.25, -0.2) is 0 Å². The van der Waals surface area contributed by atoms with Crippen molar-refractivity contribution in [2.24, 2.45) is 5.73 Å². The summed E-state index contributed by atoms with van der Waals surface area (Å²) in [5.41, 5.74) is 6.45. The van der Waals surface area contributed by atoms with Gasteiger partial charge in [-0.05, 0) is 18.2 Å². The van der Waals surface area contributed by atoms with Crippen LogP contribution in [0.25, 0.3) is 10.8 Å². The van der Waals surface area contributed by atoms with Crippen LogP contribution in [0.5, 0.6) is 0 Å². The summed E-state index contributed by atoms with van der Waals surface area (Å²) in [7, 11) is 0. The van der Waals surface area contributed by atoms with Crippen LogP contribution in [0, 0.1) is 0 Å². The Hall–Kier alpha value is -1.95. The van der Waals surface area contributed by atoms with Gasteiger partial charge in [0.1, 0.15) is 0 Å². The molecular formula is C16H16ClN3O2. The zero-order chi connectivity index (χ0) is 15.7. The minimum Gasteiger partial charge on any atom is -0.329 e. The number of hydrogen-bond donors (Lipinski definition) is 2. The van der Waals surface area contributed by atoms with Crippen molar-refractivity contribution in [3.63, 3.8) is 0 Å². The van der Waals surface area contributed by atoms with Gasteiger partial charge < -0.3 is 11.1 Å². The third kappa shape index (κ3) is 2.37. The number of benzene rings is 2. The molecule has 3 N–H and O–H groups in total. The van der Waals surface area contributed by atoms with Gasteiger partial charge in [-0.2, -0.15) is 0 Å². The molecule has 0 aliphatic carbocycles. The Morgan fingerprint density at radius 1 is 1.05 bits per heavy atom. The van der Waals surface area contributed by atoms with Crippen LogP contribution in [0.4, 0.5) is 0 Å². The number of nitrogens with zero attached hydrogens (tertiary/aromatic N) is 1. The summed E-state index contributed by atoms with van der Waals surface area (Å²) >= 11 is 6.17. The summed E-state index contributed by atoms with van der Waals surface area (Å²) in [6.45, 7) is 2.00. The highest BCUT2D eigenvalue weighted by Gasteiger charge is 2.32. The molecule has 0 saturated carbocycles. The van der Waals surface area contributed by atoms with Crippen LogP contribution in [-0.2, 0) is 0 Å². The predicted octanol–water partition coefficient (Wildman–Crippen LogP) is 1.64. The summed E-state index contributed by atoms with van der Waals surface area (Å²) in [4.78, 5) is 26.5. The molecule has 1 heterocycles. The third-order valence-corrected chi connectivity index (χ3v) is 4.10. The van der Waals surface area contributed by atoms with E-state index in [9.17, 15) is 9.59 Å². The lowest BCUT2D eigenvalue weighted by atomic mass is 9.94. The Morgan fingerprint density at radius 2 is 1.77 bits per heavy atom. The van der Waals surface area contributed by atoms with E-state index in [0.29, 0.717) is 47.7 Å². The van der Waals surface area contributed by atoms with Crippen molar-refractivity contribution in [1.29, 1.82) is 0 Å². The molecule has 0 unspecified atom stereocenters. The molecule has 2 aromatic rings. The average molecular weight is 318 g/mol. The second kappa shape index (κ2) is 6.04. The summed E-state index contributed by atoms with van der Waals surface area (Å²) in [6.07, 6.45) is 0. The molecule has 6 heteroatoms. The van der Waals surface area contributed by atoms with Gasteiger partial charge in [0.25, 0.3) is 11.8 Å². The summed E-state index contributed by atoms with van der Waals surface area (Å²) in [6, 6.07) is 8.72. The van der Waals surface area contributed by atoms with Crippen molar-refractivity contribution in [1.82, 2.24) is 10.2 Å². The zero-order valence-electron chi connectivity index (χ0n) is 11.9. The largest absolute Gasteiger partial charge is 0.329 e. The van der Waals surface area contributed by atoms with E-state index in [0.717, 1.165) is 5.39 Å². The highest BCUT2D eigenvalue weighted by Crippen LogP contribution is 2.33. The van der Waals surface area contributed by atoms with Crippen molar-refractivity contribution in [2.75, 3.05) is 26.2 Å². The Balaban J connectivity index is 2.00. The Kier molecular flexibility index (Phi) is 4.11. The number of nitrogens with two attached hydrogens (primary N) is 1. The number of nitrogens with one attached hydrogen (secondary N) is 1. The number of amides is 2. The molecule has 22 heavy (non-hydrogen) atoms. The van der Waals surface area contributed by atoms with Gasteiger partial charge in [-0.1, -0.05) is 23.7 Å². The third-order valence-electron chi connectivity index (χ3n) is 3.77. The molecule has 0 spiro atoms. The lowest BCUT2D eigenvalue weighted by Gasteiger charge is -2.27. The van der Waals surface area contributed by atoms with Crippen LogP contribution in [0.2, 0.25) is 5.02 Å². The van der Waals surface area contributed by atoms with E-state index < -0.39 is 0 Å². The highest BCUT2D eigenvalue weighted by atomic mass is 35.5.